The number of likely N-dealkylation sites (tertiary alicyclic amines) is 1. The minimum atomic E-state index is 0.724. The Kier molecular flexibility index (Phi) is 2.88. The summed E-state index contributed by atoms with van der Waals surface area (Å²) < 4.78 is 0. The summed E-state index contributed by atoms with van der Waals surface area (Å²) in [6.07, 6.45) is 7.45. The zero-order valence-electron chi connectivity index (χ0n) is 10.1. The molecule has 2 atom stereocenters. The van der Waals surface area contributed by atoms with Crippen molar-refractivity contribution in [3.05, 3.63) is 0 Å². The van der Waals surface area contributed by atoms with Crippen molar-refractivity contribution < 1.29 is 0 Å². The average Bonchev–Trinajstić information content (AvgIpc) is 2.47. The normalized spacial score (nSPS) is 39.9. The van der Waals surface area contributed by atoms with E-state index in [4.69, 9.17) is 0 Å². The first-order valence-electron chi connectivity index (χ1n) is 6.30. The van der Waals surface area contributed by atoms with Crippen molar-refractivity contribution in [3.63, 3.8) is 0 Å². The van der Waals surface area contributed by atoms with Crippen LogP contribution in [0.1, 0.15) is 46.0 Å². The molecule has 1 spiro atoms. The Morgan fingerprint density at radius 1 is 1.29 bits per heavy atom. The molecule has 1 saturated heterocycles. The van der Waals surface area contributed by atoms with E-state index >= 15 is 0 Å². The second-order valence-electron chi connectivity index (χ2n) is 6.09. The van der Waals surface area contributed by atoms with Gasteiger partial charge in [-0.25, -0.2) is 0 Å². The molecule has 1 saturated carbocycles. The first kappa shape index (κ1) is 10.5. The fourth-order valence-electron chi connectivity index (χ4n) is 3.60. The Balaban J connectivity index is 1.99. The maximum absolute atomic E-state index is 2.53. The van der Waals surface area contributed by atoms with Gasteiger partial charge in [-0.3, -0.25) is 0 Å². The minimum Gasteiger partial charge on any atom is -0.306 e. The summed E-state index contributed by atoms with van der Waals surface area (Å²) in [6, 6.07) is 0. The van der Waals surface area contributed by atoms with E-state index in [0.717, 1.165) is 17.3 Å². The molecule has 0 aromatic carbocycles. The van der Waals surface area contributed by atoms with Crippen molar-refractivity contribution in [1.29, 1.82) is 0 Å². The van der Waals surface area contributed by atoms with Crippen molar-refractivity contribution in [2.75, 3.05) is 20.1 Å². The highest BCUT2D eigenvalue weighted by atomic mass is 15.1. The van der Waals surface area contributed by atoms with E-state index in [-0.39, 0.29) is 0 Å². The lowest BCUT2D eigenvalue weighted by Crippen LogP contribution is -2.33. The SMILES string of the molecule is CC(C)C1CCCC2(CCN(C)C2)C1. The molecule has 1 heterocycles. The van der Waals surface area contributed by atoms with Crippen LogP contribution in [0.3, 0.4) is 0 Å². The van der Waals surface area contributed by atoms with E-state index in [1.807, 2.05) is 0 Å². The molecular weight excluding hydrogens is 170 g/mol. The Hall–Kier alpha value is -0.0400. The lowest BCUT2D eigenvalue weighted by molar-refractivity contribution is 0.119. The van der Waals surface area contributed by atoms with Crippen molar-refractivity contribution >= 4 is 0 Å². The van der Waals surface area contributed by atoms with Gasteiger partial charge in [0.2, 0.25) is 0 Å². The van der Waals surface area contributed by atoms with Crippen LogP contribution >= 0.6 is 0 Å². The molecule has 1 nitrogen and oxygen atoms in total. The van der Waals surface area contributed by atoms with E-state index in [1.165, 1.54) is 45.2 Å². The minimum absolute atomic E-state index is 0.724. The van der Waals surface area contributed by atoms with Crippen LogP contribution in [0.5, 0.6) is 0 Å². The molecule has 0 amide bonds. The molecule has 0 radical (unpaired) electrons. The van der Waals surface area contributed by atoms with Crippen LogP contribution in [-0.2, 0) is 0 Å². The third-order valence-corrected chi connectivity index (χ3v) is 4.55. The predicted molar refractivity (Wildman–Crippen MR) is 61.3 cm³/mol. The molecule has 0 aromatic heterocycles. The Labute approximate surface area is 88.9 Å². The molecule has 1 aliphatic heterocycles. The number of hydrogen-bond donors (Lipinski definition) is 0. The predicted octanol–water partition coefficient (Wildman–Crippen LogP) is 3.15. The monoisotopic (exact) mass is 195 g/mol. The van der Waals surface area contributed by atoms with Gasteiger partial charge in [0.25, 0.3) is 0 Å². The fraction of sp³-hybridized carbons (Fsp3) is 1.00. The van der Waals surface area contributed by atoms with E-state index < -0.39 is 0 Å². The highest BCUT2D eigenvalue weighted by Crippen LogP contribution is 2.47. The first-order chi connectivity index (χ1) is 6.61. The van der Waals surface area contributed by atoms with Crippen LogP contribution in [0.25, 0.3) is 0 Å². The molecule has 2 rings (SSSR count). The third kappa shape index (κ3) is 1.98. The van der Waals surface area contributed by atoms with E-state index in [9.17, 15) is 0 Å². The molecule has 0 bridgehead atoms. The van der Waals surface area contributed by atoms with Gasteiger partial charge in [-0.15, -0.1) is 0 Å². The second kappa shape index (κ2) is 3.84. The van der Waals surface area contributed by atoms with Crippen LogP contribution in [0, 0.1) is 17.3 Å². The van der Waals surface area contributed by atoms with Gasteiger partial charge < -0.3 is 4.90 Å². The summed E-state index contributed by atoms with van der Waals surface area (Å²) >= 11 is 0. The van der Waals surface area contributed by atoms with Gasteiger partial charge in [0.1, 0.15) is 0 Å². The van der Waals surface area contributed by atoms with E-state index in [2.05, 4.69) is 25.8 Å². The highest BCUT2D eigenvalue weighted by molar-refractivity contribution is 4.93. The van der Waals surface area contributed by atoms with Gasteiger partial charge >= 0.3 is 0 Å². The van der Waals surface area contributed by atoms with Crippen LogP contribution in [-0.4, -0.2) is 25.0 Å². The molecule has 1 aliphatic carbocycles. The summed E-state index contributed by atoms with van der Waals surface area (Å²) in [7, 11) is 2.29. The summed E-state index contributed by atoms with van der Waals surface area (Å²) in [5, 5.41) is 0. The van der Waals surface area contributed by atoms with Crippen molar-refractivity contribution in [1.82, 2.24) is 4.90 Å². The lowest BCUT2D eigenvalue weighted by atomic mass is 9.66. The van der Waals surface area contributed by atoms with Crippen molar-refractivity contribution in [2.45, 2.75) is 46.0 Å². The quantitative estimate of drug-likeness (QED) is 0.621. The van der Waals surface area contributed by atoms with Crippen LogP contribution in [0.15, 0.2) is 0 Å². The molecule has 2 fully saturated rings. The molecule has 2 unspecified atom stereocenters. The molecule has 0 N–H and O–H groups in total. The molecule has 14 heavy (non-hydrogen) atoms. The van der Waals surface area contributed by atoms with Gasteiger partial charge in [0.05, 0.1) is 0 Å². The number of rotatable bonds is 1. The molecule has 0 aromatic rings. The van der Waals surface area contributed by atoms with Crippen molar-refractivity contribution in [2.24, 2.45) is 17.3 Å². The van der Waals surface area contributed by atoms with Gasteiger partial charge in [-0.05, 0) is 50.1 Å². The Morgan fingerprint density at radius 3 is 2.64 bits per heavy atom. The number of hydrogen-bond acceptors (Lipinski definition) is 1. The zero-order valence-corrected chi connectivity index (χ0v) is 10.1. The largest absolute Gasteiger partial charge is 0.306 e. The topological polar surface area (TPSA) is 3.24 Å². The van der Waals surface area contributed by atoms with Crippen LogP contribution < -0.4 is 0 Å². The van der Waals surface area contributed by atoms with Gasteiger partial charge in [-0.1, -0.05) is 26.7 Å². The summed E-state index contributed by atoms with van der Waals surface area (Å²) in [6.45, 7) is 7.52. The van der Waals surface area contributed by atoms with Crippen LogP contribution in [0.2, 0.25) is 0 Å². The van der Waals surface area contributed by atoms with E-state index in [1.54, 1.807) is 0 Å². The highest BCUT2D eigenvalue weighted by Gasteiger charge is 2.41. The Bertz CT molecular complexity index is 195. The molecular formula is C13H25N. The molecule has 82 valence electrons. The summed E-state index contributed by atoms with van der Waals surface area (Å²) in [5.74, 6) is 1.91. The molecule has 2 aliphatic rings. The Morgan fingerprint density at radius 2 is 2.07 bits per heavy atom. The maximum Gasteiger partial charge on any atom is 0.00355 e. The molecule has 1 heteroatoms. The summed E-state index contributed by atoms with van der Waals surface area (Å²) in [4.78, 5) is 2.53. The standard InChI is InChI=1S/C13H25N/c1-11(2)12-5-4-6-13(9-12)7-8-14(3)10-13/h11-12H,4-10H2,1-3H3. The van der Waals surface area contributed by atoms with Gasteiger partial charge in [-0.2, -0.15) is 0 Å². The first-order valence-corrected chi connectivity index (χ1v) is 6.30. The third-order valence-electron chi connectivity index (χ3n) is 4.55. The maximum atomic E-state index is 2.53. The van der Waals surface area contributed by atoms with Gasteiger partial charge in [0.15, 0.2) is 0 Å². The average molecular weight is 195 g/mol. The van der Waals surface area contributed by atoms with E-state index in [0.29, 0.717) is 0 Å². The van der Waals surface area contributed by atoms with Crippen LogP contribution in [0.4, 0.5) is 0 Å². The summed E-state index contributed by atoms with van der Waals surface area (Å²) in [5.41, 5.74) is 0.724. The number of nitrogens with zero attached hydrogens (tertiary/aromatic N) is 1. The van der Waals surface area contributed by atoms with Gasteiger partial charge in [0, 0.05) is 6.54 Å². The lowest BCUT2D eigenvalue weighted by Gasteiger charge is -2.39. The smallest absolute Gasteiger partial charge is 0.00355 e. The van der Waals surface area contributed by atoms with Crippen molar-refractivity contribution in [3.8, 4) is 0 Å². The fourth-order valence-corrected chi connectivity index (χ4v) is 3.60. The zero-order chi connectivity index (χ0) is 10.2. The second-order valence-corrected chi connectivity index (χ2v) is 6.09.